The molecule has 18 heavy (non-hydrogen) atoms. The fraction of sp³-hybridized carbons (Fsp3) is 0.538. The molecule has 1 aromatic rings. The molecule has 0 saturated carbocycles. The lowest BCUT2D eigenvalue weighted by Crippen LogP contribution is -2.47. The van der Waals surface area contributed by atoms with E-state index >= 15 is 0 Å². The summed E-state index contributed by atoms with van der Waals surface area (Å²) in [6.45, 7) is 7.73. The summed E-state index contributed by atoms with van der Waals surface area (Å²) in [4.78, 5) is 2.37. The van der Waals surface area contributed by atoms with Gasteiger partial charge in [0.2, 0.25) is 0 Å². The van der Waals surface area contributed by atoms with Crippen LogP contribution in [0.4, 0.5) is 0 Å². The summed E-state index contributed by atoms with van der Waals surface area (Å²) in [6, 6.07) is 3.92. The van der Waals surface area contributed by atoms with Crippen LogP contribution in [0.3, 0.4) is 0 Å². The summed E-state index contributed by atoms with van der Waals surface area (Å²) in [5, 5.41) is 9.69. The van der Waals surface area contributed by atoms with Crippen molar-refractivity contribution in [2.75, 3.05) is 19.7 Å². The van der Waals surface area contributed by atoms with Crippen LogP contribution in [-0.2, 0) is 11.3 Å². The molecule has 1 saturated heterocycles. The van der Waals surface area contributed by atoms with Crippen molar-refractivity contribution in [3.63, 3.8) is 0 Å². The molecule has 0 spiro atoms. The highest BCUT2D eigenvalue weighted by Crippen LogP contribution is 2.34. The molecular formula is C13H17Br2NO2. The number of ether oxygens (including phenoxy) is 1. The Morgan fingerprint density at radius 1 is 1.33 bits per heavy atom. The Kier molecular flexibility index (Phi) is 4.36. The van der Waals surface area contributed by atoms with E-state index in [1.165, 1.54) is 5.56 Å². The first kappa shape index (κ1) is 14.3. The monoisotopic (exact) mass is 377 g/mol. The first-order valence-electron chi connectivity index (χ1n) is 5.90. The van der Waals surface area contributed by atoms with Crippen molar-refractivity contribution in [2.45, 2.75) is 26.0 Å². The Labute approximate surface area is 124 Å². The first-order valence-corrected chi connectivity index (χ1v) is 7.49. The Morgan fingerprint density at radius 2 is 1.94 bits per heavy atom. The topological polar surface area (TPSA) is 32.7 Å². The molecule has 5 heteroatoms. The third-order valence-corrected chi connectivity index (χ3v) is 4.20. The molecule has 1 aromatic carbocycles. The second-order valence-corrected chi connectivity index (χ2v) is 6.94. The lowest BCUT2D eigenvalue weighted by molar-refractivity contribution is -0.0882. The molecule has 1 N–H and O–H groups in total. The number of hydrogen-bond donors (Lipinski definition) is 1. The Morgan fingerprint density at radius 3 is 2.50 bits per heavy atom. The molecule has 0 aliphatic carbocycles. The van der Waals surface area contributed by atoms with Gasteiger partial charge < -0.3 is 9.84 Å². The first-order chi connectivity index (χ1) is 8.37. The molecule has 1 heterocycles. The van der Waals surface area contributed by atoms with E-state index in [1.807, 2.05) is 12.1 Å². The molecule has 1 aliphatic heterocycles. The molecule has 0 unspecified atom stereocenters. The molecule has 0 aromatic heterocycles. The van der Waals surface area contributed by atoms with E-state index in [9.17, 15) is 5.11 Å². The zero-order valence-electron chi connectivity index (χ0n) is 10.5. The van der Waals surface area contributed by atoms with E-state index in [1.54, 1.807) is 0 Å². The van der Waals surface area contributed by atoms with Gasteiger partial charge in [0.15, 0.2) is 0 Å². The van der Waals surface area contributed by atoms with Crippen LogP contribution in [0.2, 0.25) is 0 Å². The smallest absolute Gasteiger partial charge is 0.143 e. The maximum Gasteiger partial charge on any atom is 0.143 e. The second-order valence-electron chi connectivity index (χ2n) is 5.23. The van der Waals surface area contributed by atoms with Gasteiger partial charge in [-0.1, -0.05) is 0 Å². The maximum atomic E-state index is 9.69. The highest BCUT2D eigenvalue weighted by molar-refractivity contribution is 9.11. The number of halogens is 2. The summed E-state index contributed by atoms with van der Waals surface area (Å²) in [5.41, 5.74) is 1.09. The Bertz CT molecular complexity index is 426. The van der Waals surface area contributed by atoms with Gasteiger partial charge in [-0.05, 0) is 63.4 Å². The van der Waals surface area contributed by atoms with Gasteiger partial charge in [-0.3, -0.25) is 4.90 Å². The third-order valence-electron chi connectivity index (χ3n) is 2.99. The van der Waals surface area contributed by atoms with Crippen LogP contribution in [0.15, 0.2) is 21.1 Å². The van der Waals surface area contributed by atoms with Crippen LogP contribution >= 0.6 is 31.9 Å². The number of aromatic hydroxyl groups is 1. The summed E-state index contributed by atoms with van der Waals surface area (Å²) in [6.07, 6.45) is 0. The number of morpholine rings is 1. The minimum atomic E-state index is -0.0797. The summed E-state index contributed by atoms with van der Waals surface area (Å²) < 4.78 is 7.14. The van der Waals surface area contributed by atoms with Crippen LogP contribution in [-0.4, -0.2) is 35.3 Å². The predicted octanol–water partition coefficient (Wildman–Crippen LogP) is 3.53. The predicted molar refractivity (Wildman–Crippen MR) is 78.8 cm³/mol. The molecule has 0 radical (unpaired) electrons. The molecule has 1 fully saturated rings. The Balaban J connectivity index is 2.10. The number of hydrogen-bond acceptors (Lipinski definition) is 3. The summed E-state index contributed by atoms with van der Waals surface area (Å²) >= 11 is 6.72. The number of phenols is 1. The van der Waals surface area contributed by atoms with Gasteiger partial charge in [0, 0.05) is 19.6 Å². The van der Waals surface area contributed by atoms with Gasteiger partial charge in [-0.2, -0.15) is 0 Å². The van der Waals surface area contributed by atoms with Crippen LogP contribution in [0.1, 0.15) is 19.4 Å². The van der Waals surface area contributed by atoms with Gasteiger partial charge in [-0.25, -0.2) is 0 Å². The van der Waals surface area contributed by atoms with Crippen LogP contribution < -0.4 is 0 Å². The van der Waals surface area contributed by atoms with Gasteiger partial charge in [0.05, 0.1) is 21.2 Å². The second kappa shape index (κ2) is 5.49. The van der Waals surface area contributed by atoms with E-state index in [0.717, 1.165) is 35.2 Å². The van der Waals surface area contributed by atoms with Crippen molar-refractivity contribution in [3.05, 3.63) is 26.6 Å². The van der Waals surface area contributed by atoms with Gasteiger partial charge in [0.25, 0.3) is 0 Å². The Hall–Kier alpha value is -0.100. The third kappa shape index (κ3) is 3.47. The number of benzene rings is 1. The minimum Gasteiger partial charge on any atom is -0.506 e. The minimum absolute atomic E-state index is 0.0797. The standard InChI is InChI=1S/C13H17Br2NO2/c1-13(2)8-16(3-4-18-13)7-9-5-10(14)12(17)11(15)6-9/h5-6,17H,3-4,7-8H2,1-2H3. The zero-order valence-corrected chi connectivity index (χ0v) is 13.7. The van der Waals surface area contributed by atoms with Crippen molar-refractivity contribution >= 4 is 31.9 Å². The van der Waals surface area contributed by atoms with Crippen molar-refractivity contribution in [1.29, 1.82) is 0 Å². The van der Waals surface area contributed by atoms with E-state index in [2.05, 4.69) is 50.6 Å². The van der Waals surface area contributed by atoms with Crippen molar-refractivity contribution < 1.29 is 9.84 Å². The molecule has 1 aliphatic rings. The van der Waals surface area contributed by atoms with Crippen LogP contribution in [0.5, 0.6) is 5.75 Å². The summed E-state index contributed by atoms with van der Waals surface area (Å²) in [5.74, 6) is 0.251. The van der Waals surface area contributed by atoms with Gasteiger partial charge >= 0.3 is 0 Å². The normalized spacial score (nSPS) is 20.0. The average Bonchev–Trinajstić information content (AvgIpc) is 2.24. The lowest BCUT2D eigenvalue weighted by atomic mass is 10.1. The fourth-order valence-electron chi connectivity index (χ4n) is 2.22. The average molecular weight is 379 g/mol. The van der Waals surface area contributed by atoms with E-state index in [4.69, 9.17) is 4.74 Å². The van der Waals surface area contributed by atoms with Crippen molar-refractivity contribution in [1.82, 2.24) is 4.90 Å². The van der Waals surface area contributed by atoms with Gasteiger partial charge in [-0.15, -0.1) is 0 Å². The molecule has 100 valence electrons. The number of nitrogens with zero attached hydrogens (tertiary/aromatic N) is 1. The fourth-order valence-corrected chi connectivity index (χ4v) is 3.50. The molecule has 0 bridgehead atoms. The number of rotatable bonds is 2. The SMILES string of the molecule is CC1(C)CN(Cc2cc(Br)c(O)c(Br)c2)CCO1. The molecule has 0 amide bonds. The molecular weight excluding hydrogens is 362 g/mol. The maximum absolute atomic E-state index is 9.69. The zero-order chi connectivity index (χ0) is 13.3. The van der Waals surface area contributed by atoms with Crippen LogP contribution in [0, 0.1) is 0 Å². The summed E-state index contributed by atoms with van der Waals surface area (Å²) in [7, 11) is 0. The van der Waals surface area contributed by atoms with Gasteiger partial charge in [0.1, 0.15) is 5.75 Å². The quantitative estimate of drug-likeness (QED) is 0.854. The van der Waals surface area contributed by atoms with Crippen molar-refractivity contribution in [2.24, 2.45) is 0 Å². The van der Waals surface area contributed by atoms with E-state index in [-0.39, 0.29) is 11.4 Å². The van der Waals surface area contributed by atoms with E-state index < -0.39 is 0 Å². The van der Waals surface area contributed by atoms with Crippen LogP contribution in [0.25, 0.3) is 0 Å². The van der Waals surface area contributed by atoms with Crippen molar-refractivity contribution in [3.8, 4) is 5.75 Å². The molecule has 2 rings (SSSR count). The molecule has 0 atom stereocenters. The molecule has 3 nitrogen and oxygen atoms in total. The lowest BCUT2D eigenvalue weighted by Gasteiger charge is -2.38. The highest BCUT2D eigenvalue weighted by Gasteiger charge is 2.27. The highest BCUT2D eigenvalue weighted by atomic mass is 79.9. The van der Waals surface area contributed by atoms with E-state index in [0.29, 0.717) is 0 Å². The number of phenolic OH excluding ortho intramolecular Hbond substituents is 1. The largest absolute Gasteiger partial charge is 0.506 e.